The Kier molecular flexibility index (Phi) is 4.20. The highest BCUT2D eigenvalue weighted by molar-refractivity contribution is 5.74. The molecule has 1 aromatic carbocycles. The summed E-state index contributed by atoms with van der Waals surface area (Å²) in [5, 5.41) is 3.01. The smallest absolute Gasteiger partial charge is 0.217 e. The normalized spacial score (nSPS) is 21.7. The van der Waals surface area contributed by atoms with Crippen molar-refractivity contribution in [3.05, 3.63) is 29.8 Å². The summed E-state index contributed by atoms with van der Waals surface area (Å²) in [6, 6.07) is 8.47. The van der Waals surface area contributed by atoms with E-state index in [1.165, 1.54) is 0 Å². The molecule has 1 amide bonds. The number of carbonyl (C=O) groups excluding carboxylic acids is 2. The minimum atomic E-state index is -0.00616. The van der Waals surface area contributed by atoms with Crippen LogP contribution in [0.3, 0.4) is 0 Å². The Balaban J connectivity index is 2.30. The zero-order valence-electron chi connectivity index (χ0n) is 11.4. The van der Waals surface area contributed by atoms with Crippen molar-refractivity contribution < 1.29 is 9.59 Å². The van der Waals surface area contributed by atoms with Crippen LogP contribution in [-0.4, -0.2) is 24.8 Å². The van der Waals surface area contributed by atoms with Gasteiger partial charge in [0.15, 0.2) is 0 Å². The summed E-state index contributed by atoms with van der Waals surface area (Å²) in [6.45, 7) is 4.41. The van der Waals surface area contributed by atoms with E-state index in [9.17, 15) is 9.59 Å². The zero-order chi connectivity index (χ0) is 13.8. The van der Waals surface area contributed by atoms with Gasteiger partial charge in [-0.05, 0) is 25.0 Å². The van der Waals surface area contributed by atoms with Crippen molar-refractivity contribution in [2.24, 2.45) is 0 Å². The number of nitrogens with zero attached hydrogens (tertiary/aromatic N) is 1. The zero-order valence-corrected chi connectivity index (χ0v) is 11.4. The Labute approximate surface area is 113 Å². The highest BCUT2D eigenvalue weighted by atomic mass is 16.1. The van der Waals surface area contributed by atoms with E-state index in [0.29, 0.717) is 12.5 Å². The van der Waals surface area contributed by atoms with Gasteiger partial charge in [-0.15, -0.1) is 0 Å². The van der Waals surface area contributed by atoms with Gasteiger partial charge in [-0.1, -0.05) is 18.2 Å². The van der Waals surface area contributed by atoms with Gasteiger partial charge in [0.2, 0.25) is 5.91 Å². The quantitative estimate of drug-likeness (QED) is 0.843. The van der Waals surface area contributed by atoms with E-state index in [0.717, 1.165) is 30.5 Å². The fourth-order valence-corrected chi connectivity index (χ4v) is 2.79. The van der Waals surface area contributed by atoms with Gasteiger partial charge in [0.05, 0.1) is 6.04 Å². The number of carbonyl (C=O) groups is 2. The predicted octanol–water partition coefficient (Wildman–Crippen LogP) is 2.05. The maximum Gasteiger partial charge on any atom is 0.217 e. The third kappa shape index (κ3) is 2.95. The molecule has 102 valence electrons. The van der Waals surface area contributed by atoms with Crippen molar-refractivity contribution in [2.45, 2.75) is 38.8 Å². The number of benzene rings is 1. The molecule has 1 N–H and O–H groups in total. The average molecular weight is 260 g/mol. The maximum atomic E-state index is 11.3. The molecular weight excluding hydrogens is 240 g/mol. The lowest BCUT2D eigenvalue weighted by atomic mass is 9.91. The Morgan fingerprint density at radius 3 is 2.89 bits per heavy atom. The summed E-state index contributed by atoms with van der Waals surface area (Å²) < 4.78 is 0. The Bertz CT molecular complexity index is 473. The molecule has 0 aliphatic carbocycles. The monoisotopic (exact) mass is 260 g/mol. The van der Waals surface area contributed by atoms with E-state index in [2.05, 4.69) is 29.3 Å². The van der Waals surface area contributed by atoms with Crippen molar-refractivity contribution in [1.29, 1.82) is 0 Å². The molecule has 2 atom stereocenters. The van der Waals surface area contributed by atoms with Gasteiger partial charge >= 0.3 is 0 Å². The molecule has 0 fully saturated rings. The van der Waals surface area contributed by atoms with Gasteiger partial charge in [-0.25, -0.2) is 0 Å². The molecule has 0 spiro atoms. The average Bonchev–Trinajstić information content (AvgIpc) is 2.38. The second-order valence-electron chi connectivity index (χ2n) is 5.05. The molecule has 1 aromatic rings. The maximum absolute atomic E-state index is 11.3. The molecule has 0 bridgehead atoms. The highest BCUT2D eigenvalue weighted by Gasteiger charge is 2.29. The van der Waals surface area contributed by atoms with Crippen LogP contribution < -0.4 is 10.2 Å². The standard InChI is InChI=1S/C15H20N2O2/c1-11-10-14(16-12(2)19)13-6-3-4-7-15(13)17(11)8-5-9-18/h3-4,6-7,9,11,14H,5,8,10H2,1-2H3,(H,16,19). The van der Waals surface area contributed by atoms with Gasteiger partial charge in [-0.3, -0.25) is 4.79 Å². The van der Waals surface area contributed by atoms with Crippen LogP contribution in [0.15, 0.2) is 24.3 Å². The van der Waals surface area contributed by atoms with Crippen LogP contribution in [-0.2, 0) is 9.59 Å². The number of hydrogen-bond donors (Lipinski definition) is 1. The SMILES string of the molecule is CC(=O)NC1CC(C)N(CCC=O)c2ccccc21. The molecule has 1 aliphatic rings. The van der Waals surface area contributed by atoms with Crippen LogP contribution in [0.4, 0.5) is 5.69 Å². The first-order valence-electron chi connectivity index (χ1n) is 6.69. The molecule has 4 nitrogen and oxygen atoms in total. The van der Waals surface area contributed by atoms with E-state index in [1.807, 2.05) is 12.1 Å². The number of nitrogens with one attached hydrogen (secondary N) is 1. The van der Waals surface area contributed by atoms with Gasteiger partial charge in [0.1, 0.15) is 6.29 Å². The van der Waals surface area contributed by atoms with Crippen LogP contribution >= 0.6 is 0 Å². The Hall–Kier alpha value is -1.84. The topological polar surface area (TPSA) is 49.4 Å². The lowest BCUT2D eigenvalue weighted by Crippen LogP contribution is -2.43. The molecule has 4 heteroatoms. The highest BCUT2D eigenvalue weighted by Crippen LogP contribution is 2.36. The number of aldehydes is 1. The van der Waals surface area contributed by atoms with Crippen molar-refractivity contribution in [3.63, 3.8) is 0 Å². The summed E-state index contributed by atoms with van der Waals surface area (Å²) in [6.07, 6.45) is 2.36. The van der Waals surface area contributed by atoms with E-state index in [1.54, 1.807) is 6.92 Å². The first kappa shape index (κ1) is 13.6. The number of hydrogen-bond acceptors (Lipinski definition) is 3. The first-order chi connectivity index (χ1) is 9.13. The number of anilines is 1. The lowest BCUT2D eigenvalue weighted by molar-refractivity contribution is -0.119. The van der Waals surface area contributed by atoms with Crippen molar-refractivity contribution in [2.75, 3.05) is 11.4 Å². The summed E-state index contributed by atoms with van der Waals surface area (Å²) in [5.74, 6) is -0.00616. The van der Waals surface area contributed by atoms with Gasteiger partial charge < -0.3 is 15.0 Å². The molecule has 2 unspecified atom stereocenters. The van der Waals surface area contributed by atoms with Crippen LogP contribution in [0, 0.1) is 0 Å². The van der Waals surface area contributed by atoms with E-state index in [4.69, 9.17) is 0 Å². The molecule has 1 aliphatic heterocycles. The van der Waals surface area contributed by atoms with E-state index < -0.39 is 0 Å². The fourth-order valence-electron chi connectivity index (χ4n) is 2.79. The van der Waals surface area contributed by atoms with Crippen molar-refractivity contribution >= 4 is 17.9 Å². The molecule has 0 radical (unpaired) electrons. The van der Waals surface area contributed by atoms with Crippen LogP contribution in [0.5, 0.6) is 0 Å². The lowest BCUT2D eigenvalue weighted by Gasteiger charge is -2.40. The molecule has 2 rings (SSSR count). The van der Waals surface area contributed by atoms with Gasteiger partial charge in [0, 0.05) is 31.6 Å². The summed E-state index contributed by atoms with van der Waals surface area (Å²) in [4.78, 5) is 24.2. The molecular formula is C15H20N2O2. The summed E-state index contributed by atoms with van der Waals surface area (Å²) >= 11 is 0. The number of rotatable bonds is 4. The Morgan fingerprint density at radius 1 is 1.47 bits per heavy atom. The van der Waals surface area contributed by atoms with Crippen LogP contribution in [0.1, 0.15) is 38.3 Å². The van der Waals surface area contributed by atoms with Crippen LogP contribution in [0.25, 0.3) is 0 Å². The number of amides is 1. The summed E-state index contributed by atoms with van der Waals surface area (Å²) in [7, 11) is 0. The third-order valence-electron chi connectivity index (χ3n) is 3.60. The van der Waals surface area contributed by atoms with Crippen molar-refractivity contribution in [1.82, 2.24) is 5.32 Å². The minimum Gasteiger partial charge on any atom is -0.368 e. The predicted molar refractivity (Wildman–Crippen MR) is 75.1 cm³/mol. The second-order valence-corrected chi connectivity index (χ2v) is 5.05. The summed E-state index contributed by atoms with van der Waals surface area (Å²) in [5.41, 5.74) is 2.27. The van der Waals surface area contributed by atoms with E-state index in [-0.39, 0.29) is 11.9 Å². The fraction of sp³-hybridized carbons (Fsp3) is 0.467. The second kappa shape index (κ2) is 5.87. The molecule has 1 heterocycles. The van der Waals surface area contributed by atoms with Crippen molar-refractivity contribution in [3.8, 4) is 0 Å². The van der Waals surface area contributed by atoms with Gasteiger partial charge in [-0.2, -0.15) is 0 Å². The number of para-hydroxylation sites is 1. The molecule has 0 saturated carbocycles. The van der Waals surface area contributed by atoms with E-state index >= 15 is 0 Å². The molecule has 0 aromatic heterocycles. The number of fused-ring (bicyclic) bond motifs is 1. The largest absolute Gasteiger partial charge is 0.368 e. The first-order valence-corrected chi connectivity index (χ1v) is 6.69. The Morgan fingerprint density at radius 2 is 2.21 bits per heavy atom. The van der Waals surface area contributed by atoms with Gasteiger partial charge in [0.25, 0.3) is 0 Å². The molecule has 19 heavy (non-hydrogen) atoms. The molecule has 0 saturated heterocycles. The minimum absolute atomic E-state index is 0.00616. The van der Waals surface area contributed by atoms with Crippen LogP contribution in [0.2, 0.25) is 0 Å². The third-order valence-corrected chi connectivity index (χ3v) is 3.60.